The maximum atomic E-state index is 11.6. The number of alkyl halides is 1. The van der Waals surface area contributed by atoms with Crippen LogP contribution in [0.2, 0.25) is 0 Å². The van der Waals surface area contributed by atoms with Crippen LogP contribution in [-0.2, 0) is 10.2 Å². The van der Waals surface area contributed by atoms with E-state index in [1.54, 1.807) is 0 Å². The molecule has 0 N–H and O–H groups in total. The zero-order valence-electron chi connectivity index (χ0n) is 3.89. The summed E-state index contributed by atoms with van der Waals surface area (Å²) in [6.45, 7) is 2.85. The zero-order chi connectivity index (χ0) is 6.78. The summed E-state index contributed by atoms with van der Waals surface area (Å²) in [5.41, 5.74) is 0. The third kappa shape index (κ3) is 2.28. The fourth-order valence-electron chi connectivity index (χ4n) is 0.0652. The van der Waals surface area contributed by atoms with Gasteiger partial charge in [0.1, 0.15) is 0 Å². The Hall–Kier alpha value is -0.0900. The van der Waals surface area contributed by atoms with Crippen LogP contribution in [0, 0.1) is 0 Å². The lowest BCUT2D eigenvalue weighted by Gasteiger charge is -1.88. The summed E-state index contributed by atoms with van der Waals surface area (Å²) < 4.78 is 31.0. The normalized spacial score (nSPS) is 11.2. The highest BCUT2D eigenvalue weighted by Gasteiger charge is 2.10. The van der Waals surface area contributed by atoms with Crippen molar-refractivity contribution in [3.05, 3.63) is 11.5 Å². The first-order valence-corrected chi connectivity index (χ1v) is 3.58. The van der Waals surface area contributed by atoms with Gasteiger partial charge in [-0.3, -0.25) is 0 Å². The second kappa shape index (κ2) is 2.46. The molecule has 0 heterocycles. The molecule has 0 aliphatic carbocycles. The molecule has 0 atom stereocenters. The van der Waals surface area contributed by atoms with Gasteiger partial charge in [-0.05, 0) is 0 Å². The predicted octanol–water partition coefficient (Wildman–Crippen LogP) is 1.04. The van der Waals surface area contributed by atoms with Crippen LogP contribution in [0.5, 0.6) is 0 Å². The predicted molar refractivity (Wildman–Crippen MR) is 29.9 cm³/mol. The van der Waals surface area contributed by atoms with Gasteiger partial charge in [0, 0.05) is 0 Å². The number of rotatable bonds is 2. The first-order chi connectivity index (χ1) is 3.48. The smallest absolute Gasteiger partial charge is 0.190 e. The zero-order valence-corrected chi connectivity index (χ0v) is 5.47. The van der Waals surface area contributed by atoms with Crippen molar-refractivity contribution in [3.63, 3.8) is 0 Å². The van der Waals surface area contributed by atoms with Gasteiger partial charge in [0.05, 0.1) is 10.8 Å². The van der Waals surface area contributed by atoms with Crippen molar-refractivity contribution in [2.45, 2.75) is 0 Å². The molecule has 0 fully saturated rings. The summed E-state index contributed by atoms with van der Waals surface area (Å²) >= 11 is 4.92. The highest BCUT2D eigenvalue weighted by atomic mass is 35.5. The van der Waals surface area contributed by atoms with Crippen LogP contribution < -0.4 is 0 Å². The van der Waals surface area contributed by atoms with Crippen LogP contribution in [0.1, 0.15) is 0 Å². The second-order valence-corrected chi connectivity index (χ2v) is 2.83. The van der Waals surface area contributed by atoms with Gasteiger partial charge in [-0.25, -0.2) is 0 Å². The van der Waals surface area contributed by atoms with Crippen LogP contribution in [0.3, 0.4) is 0 Å². The van der Waals surface area contributed by atoms with Gasteiger partial charge in [0.15, 0.2) is 0 Å². The molecular weight excluding hydrogens is 155 g/mol. The van der Waals surface area contributed by atoms with Crippen molar-refractivity contribution in [3.8, 4) is 0 Å². The summed E-state index contributed by atoms with van der Waals surface area (Å²) in [6, 6.07) is 0. The van der Waals surface area contributed by atoms with E-state index in [1.165, 1.54) is 0 Å². The first kappa shape index (κ1) is 7.91. The third-order valence-electron chi connectivity index (χ3n) is 0.494. The van der Waals surface area contributed by atoms with Crippen LogP contribution in [0.15, 0.2) is 11.5 Å². The lowest BCUT2D eigenvalue weighted by atomic mass is 10.7. The van der Waals surface area contributed by atoms with E-state index in [2.05, 4.69) is 6.58 Å². The Morgan fingerprint density at radius 2 is 2.12 bits per heavy atom. The minimum absolute atomic E-state index is 0.390. The average Bonchev–Trinajstić information content (AvgIpc) is 1.62. The van der Waals surface area contributed by atoms with Gasteiger partial charge in [-0.1, -0.05) is 6.58 Å². The summed E-state index contributed by atoms with van der Waals surface area (Å²) in [4.78, 5) is -0.598. The van der Waals surface area contributed by atoms with E-state index in [1.807, 2.05) is 0 Å². The molecular formula is C3H4ClFO2S. The number of halogens is 2. The fourth-order valence-corrected chi connectivity index (χ4v) is 0.586. The highest BCUT2D eigenvalue weighted by Crippen LogP contribution is 2.06. The molecule has 8 heavy (non-hydrogen) atoms. The Labute approximate surface area is 52.2 Å². The van der Waals surface area contributed by atoms with Crippen LogP contribution in [-0.4, -0.2) is 14.3 Å². The van der Waals surface area contributed by atoms with Gasteiger partial charge in [0.2, 0.25) is 0 Å². The summed E-state index contributed by atoms with van der Waals surface area (Å²) in [6.07, 6.45) is 0. The molecule has 0 saturated heterocycles. The fraction of sp³-hybridized carbons (Fsp3) is 0.333. The average molecular weight is 159 g/mol. The van der Waals surface area contributed by atoms with Gasteiger partial charge in [-0.15, -0.1) is 15.5 Å². The molecule has 2 nitrogen and oxygen atoms in total. The largest absolute Gasteiger partial charge is 0.328 e. The number of allylic oxidation sites excluding steroid dienone is 1. The van der Waals surface area contributed by atoms with Crippen molar-refractivity contribution in [1.82, 2.24) is 0 Å². The quantitative estimate of drug-likeness (QED) is 0.445. The van der Waals surface area contributed by atoms with Gasteiger partial charge in [0.25, 0.3) is 0 Å². The van der Waals surface area contributed by atoms with E-state index in [0.29, 0.717) is 0 Å². The Kier molecular flexibility index (Phi) is 2.43. The van der Waals surface area contributed by atoms with Gasteiger partial charge < -0.3 is 0 Å². The molecule has 48 valence electrons. The molecule has 0 aromatic heterocycles. The molecule has 0 bridgehead atoms. The SMILES string of the molecule is C=C(CCl)S(=O)(=O)F. The summed E-state index contributed by atoms with van der Waals surface area (Å²) in [5, 5.41) is 0. The van der Waals surface area contributed by atoms with E-state index in [9.17, 15) is 12.3 Å². The highest BCUT2D eigenvalue weighted by molar-refractivity contribution is 7.90. The molecule has 0 radical (unpaired) electrons. The molecule has 0 aromatic rings. The second-order valence-electron chi connectivity index (χ2n) is 1.11. The van der Waals surface area contributed by atoms with E-state index < -0.39 is 21.0 Å². The van der Waals surface area contributed by atoms with Crippen LogP contribution >= 0.6 is 11.6 Å². The molecule has 5 heteroatoms. The Balaban J connectivity index is 4.29. The van der Waals surface area contributed by atoms with E-state index in [4.69, 9.17) is 11.6 Å². The Morgan fingerprint density at radius 1 is 1.75 bits per heavy atom. The van der Waals surface area contributed by atoms with E-state index in [0.717, 1.165) is 0 Å². The molecule has 0 spiro atoms. The van der Waals surface area contributed by atoms with E-state index >= 15 is 0 Å². The monoisotopic (exact) mass is 158 g/mol. The molecule has 0 aliphatic rings. The minimum atomic E-state index is -4.58. The maximum absolute atomic E-state index is 11.6. The van der Waals surface area contributed by atoms with Gasteiger partial charge in [-0.2, -0.15) is 8.42 Å². The summed E-state index contributed by atoms with van der Waals surface area (Å²) in [5.74, 6) is -0.390. The summed E-state index contributed by atoms with van der Waals surface area (Å²) in [7, 11) is -4.58. The van der Waals surface area contributed by atoms with Crippen LogP contribution in [0.4, 0.5) is 3.89 Å². The molecule has 0 amide bonds. The number of hydrogen-bond acceptors (Lipinski definition) is 2. The molecule has 0 aromatic carbocycles. The Morgan fingerprint density at radius 3 is 2.12 bits per heavy atom. The lowest BCUT2D eigenvalue weighted by molar-refractivity contribution is 0.560. The van der Waals surface area contributed by atoms with Crippen LogP contribution in [0.25, 0.3) is 0 Å². The van der Waals surface area contributed by atoms with Crippen molar-refractivity contribution in [2.75, 3.05) is 5.88 Å². The molecule has 0 saturated carbocycles. The lowest BCUT2D eigenvalue weighted by Crippen LogP contribution is -1.94. The van der Waals surface area contributed by atoms with Crippen molar-refractivity contribution in [2.24, 2.45) is 0 Å². The standard InChI is InChI=1S/C3H4ClFO2S/c1-3(2-4)8(5,6)7/h1-2H2. The molecule has 0 unspecified atom stereocenters. The van der Waals surface area contributed by atoms with Crippen molar-refractivity contribution >= 4 is 21.8 Å². The van der Waals surface area contributed by atoms with Crippen molar-refractivity contribution < 1.29 is 12.3 Å². The first-order valence-electron chi connectivity index (χ1n) is 1.67. The minimum Gasteiger partial charge on any atom is -0.190 e. The maximum Gasteiger partial charge on any atom is 0.328 e. The van der Waals surface area contributed by atoms with Gasteiger partial charge >= 0.3 is 10.2 Å². The topological polar surface area (TPSA) is 34.1 Å². The molecule has 0 aliphatic heterocycles. The third-order valence-corrected chi connectivity index (χ3v) is 1.81. The molecule has 0 rings (SSSR count). The number of hydrogen-bond donors (Lipinski definition) is 0. The van der Waals surface area contributed by atoms with E-state index in [-0.39, 0.29) is 0 Å². The Bertz CT molecular complexity index is 183. The van der Waals surface area contributed by atoms with Crippen molar-refractivity contribution in [1.29, 1.82) is 0 Å².